The molecule has 0 heterocycles. The molecule has 2 nitrogen and oxygen atoms in total. The first-order valence-corrected chi connectivity index (χ1v) is 3.71. The fourth-order valence-electron chi connectivity index (χ4n) is 1.50. The molecular weight excluding hydrogens is 173 g/mol. The van der Waals surface area contributed by atoms with Gasteiger partial charge in [0.15, 0.2) is 0 Å². The summed E-state index contributed by atoms with van der Waals surface area (Å²) in [6.45, 7) is 0. The molecule has 0 aliphatic heterocycles. The molecule has 0 amide bonds. The van der Waals surface area contributed by atoms with Crippen molar-refractivity contribution in [3.63, 3.8) is 0 Å². The zero-order chi connectivity index (χ0) is 9.35. The second-order valence-electron chi connectivity index (χ2n) is 3.09. The van der Waals surface area contributed by atoms with Crippen LogP contribution in [0.3, 0.4) is 0 Å². The normalized spacial score (nSPS) is 30.6. The minimum Gasteiger partial charge on any atom is -0.481 e. The highest BCUT2D eigenvalue weighted by Gasteiger charge is 2.45. The maximum atomic E-state index is 12.0. The van der Waals surface area contributed by atoms with Crippen LogP contribution in [-0.4, -0.2) is 17.3 Å². The number of aliphatic carboxylic acids is 1. The van der Waals surface area contributed by atoms with Crippen molar-refractivity contribution in [1.82, 2.24) is 0 Å². The summed E-state index contributed by atoms with van der Waals surface area (Å²) in [4.78, 5) is 10.3. The van der Waals surface area contributed by atoms with Crippen molar-refractivity contribution < 1.29 is 23.1 Å². The number of carboxylic acids is 1. The van der Waals surface area contributed by atoms with E-state index in [9.17, 15) is 18.0 Å². The number of alkyl halides is 3. The maximum Gasteiger partial charge on any atom is 0.391 e. The molecule has 1 N–H and O–H groups in total. The lowest BCUT2D eigenvalue weighted by molar-refractivity contribution is -0.173. The topological polar surface area (TPSA) is 37.3 Å². The molecule has 0 saturated heterocycles. The minimum atomic E-state index is -4.22. The van der Waals surface area contributed by atoms with Gasteiger partial charge in [-0.3, -0.25) is 4.79 Å². The van der Waals surface area contributed by atoms with Crippen molar-refractivity contribution in [2.75, 3.05) is 0 Å². The maximum absolute atomic E-state index is 12.0. The summed E-state index contributed by atoms with van der Waals surface area (Å²) in [6, 6.07) is 0. The van der Waals surface area contributed by atoms with Crippen molar-refractivity contribution >= 4 is 5.97 Å². The van der Waals surface area contributed by atoms with Gasteiger partial charge in [-0.1, -0.05) is 0 Å². The molecule has 70 valence electrons. The van der Waals surface area contributed by atoms with Crippen LogP contribution in [0.4, 0.5) is 13.2 Å². The van der Waals surface area contributed by atoms with Gasteiger partial charge < -0.3 is 5.11 Å². The third kappa shape index (κ3) is 1.89. The predicted octanol–water partition coefficient (Wildman–Crippen LogP) is 2.05. The zero-order valence-corrected chi connectivity index (χ0v) is 6.27. The molecule has 0 bridgehead atoms. The lowest BCUT2D eigenvalue weighted by Gasteiger charge is -2.13. The molecule has 2 atom stereocenters. The summed E-state index contributed by atoms with van der Waals surface area (Å²) >= 11 is 0. The number of rotatable bonds is 1. The molecule has 1 saturated carbocycles. The Bertz CT molecular complexity index is 188. The molecule has 5 heteroatoms. The smallest absolute Gasteiger partial charge is 0.391 e. The van der Waals surface area contributed by atoms with Crippen LogP contribution in [0, 0.1) is 11.8 Å². The van der Waals surface area contributed by atoms with Crippen LogP contribution >= 0.6 is 0 Å². The van der Waals surface area contributed by atoms with Crippen molar-refractivity contribution in [1.29, 1.82) is 0 Å². The number of halogens is 3. The Morgan fingerprint density at radius 1 is 1.33 bits per heavy atom. The van der Waals surface area contributed by atoms with E-state index < -0.39 is 24.0 Å². The number of carboxylic acid groups (broad SMARTS) is 1. The average molecular weight is 182 g/mol. The number of hydrogen-bond acceptors (Lipinski definition) is 1. The van der Waals surface area contributed by atoms with E-state index in [0.717, 1.165) is 0 Å². The third-order valence-corrected chi connectivity index (χ3v) is 2.24. The third-order valence-electron chi connectivity index (χ3n) is 2.24. The Kier molecular flexibility index (Phi) is 2.30. The molecule has 0 aromatic carbocycles. The quantitative estimate of drug-likeness (QED) is 0.673. The zero-order valence-electron chi connectivity index (χ0n) is 6.27. The van der Waals surface area contributed by atoms with Gasteiger partial charge in [0.1, 0.15) is 0 Å². The van der Waals surface area contributed by atoms with Crippen LogP contribution in [0.1, 0.15) is 19.3 Å². The van der Waals surface area contributed by atoms with E-state index in [1.807, 2.05) is 0 Å². The van der Waals surface area contributed by atoms with Crippen LogP contribution in [0.25, 0.3) is 0 Å². The van der Waals surface area contributed by atoms with Gasteiger partial charge in [-0.15, -0.1) is 0 Å². The SMILES string of the molecule is O=C(O)[C@@H]1CC[C@H](C(F)(F)F)C1. The fraction of sp³-hybridized carbons (Fsp3) is 0.857. The van der Waals surface area contributed by atoms with Gasteiger partial charge in [0.2, 0.25) is 0 Å². The molecule has 0 aromatic heterocycles. The summed E-state index contributed by atoms with van der Waals surface area (Å²) in [7, 11) is 0. The van der Waals surface area contributed by atoms with E-state index in [1.165, 1.54) is 0 Å². The van der Waals surface area contributed by atoms with E-state index in [-0.39, 0.29) is 19.3 Å². The van der Waals surface area contributed by atoms with Gasteiger partial charge in [-0.05, 0) is 19.3 Å². The van der Waals surface area contributed by atoms with E-state index in [1.54, 1.807) is 0 Å². The van der Waals surface area contributed by atoms with Crippen molar-refractivity contribution in [2.24, 2.45) is 11.8 Å². The van der Waals surface area contributed by atoms with Crippen molar-refractivity contribution in [3.05, 3.63) is 0 Å². The first-order chi connectivity index (χ1) is 5.41. The first-order valence-electron chi connectivity index (χ1n) is 3.71. The van der Waals surface area contributed by atoms with Crippen LogP contribution < -0.4 is 0 Å². The molecule has 1 aliphatic carbocycles. The van der Waals surface area contributed by atoms with Gasteiger partial charge in [0, 0.05) is 0 Å². The number of hydrogen-bond donors (Lipinski definition) is 1. The van der Waals surface area contributed by atoms with Crippen molar-refractivity contribution in [3.8, 4) is 0 Å². The molecule has 0 spiro atoms. The summed E-state index contributed by atoms with van der Waals surface area (Å²) in [5.41, 5.74) is 0. The molecular formula is C7H9F3O2. The molecule has 0 radical (unpaired) electrons. The molecule has 0 aromatic rings. The van der Waals surface area contributed by atoms with Crippen LogP contribution in [0.5, 0.6) is 0 Å². The summed E-state index contributed by atoms with van der Waals surface area (Å²) in [6.07, 6.45) is -4.36. The van der Waals surface area contributed by atoms with E-state index >= 15 is 0 Å². The Labute approximate surface area is 67.4 Å². The highest BCUT2D eigenvalue weighted by atomic mass is 19.4. The summed E-state index contributed by atoms with van der Waals surface area (Å²) in [5.74, 6) is -3.31. The van der Waals surface area contributed by atoms with Gasteiger partial charge in [-0.25, -0.2) is 0 Å². The Balaban J connectivity index is 2.51. The monoisotopic (exact) mass is 182 g/mol. The minimum absolute atomic E-state index is 0.0412. The summed E-state index contributed by atoms with van der Waals surface area (Å²) < 4.78 is 36.0. The molecule has 0 unspecified atom stereocenters. The van der Waals surface area contributed by atoms with Crippen LogP contribution in [0.15, 0.2) is 0 Å². The lowest BCUT2D eigenvalue weighted by atomic mass is 10.1. The molecule has 12 heavy (non-hydrogen) atoms. The van der Waals surface area contributed by atoms with E-state index in [0.29, 0.717) is 0 Å². The van der Waals surface area contributed by atoms with E-state index in [4.69, 9.17) is 5.11 Å². The highest BCUT2D eigenvalue weighted by Crippen LogP contribution is 2.41. The number of carbonyl (C=O) groups is 1. The molecule has 1 aliphatic rings. The predicted molar refractivity (Wildman–Crippen MR) is 34.5 cm³/mol. The average Bonchev–Trinajstić information content (AvgIpc) is 2.30. The van der Waals surface area contributed by atoms with Crippen LogP contribution in [0.2, 0.25) is 0 Å². The molecule has 1 rings (SSSR count). The lowest BCUT2D eigenvalue weighted by Crippen LogP contribution is -2.21. The largest absolute Gasteiger partial charge is 0.481 e. The molecule has 1 fully saturated rings. The van der Waals surface area contributed by atoms with E-state index in [2.05, 4.69) is 0 Å². The Hall–Kier alpha value is -0.740. The second kappa shape index (κ2) is 2.95. The Morgan fingerprint density at radius 3 is 2.17 bits per heavy atom. The van der Waals surface area contributed by atoms with Crippen molar-refractivity contribution in [2.45, 2.75) is 25.4 Å². The highest BCUT2D eigenvalue weighted by molar-refractivity contribution is 5.70. The standard InChI is InChI=1S/C7H9F3O2/c8-7(9,10)5-2-1-4(3-5)6(11)12/h4-5H,1-3H2,(H,11,12)/t4-,5+/m1/s1. The fourth-order valence-corrected chi connectivity index (χ4v) is 1.50. The Morgan fingerprint density at radius 2 is 1.92 bits per heavy atom. The van der Waals surface area contributed by atoms with Gasteiger partial charge in [0.05, 0.1) is 11.8 Å². The van der Waals surface area contributed by atoms with Gasteiger partial charge in [-0.2, -0.15) is 13.2 Å². The van der Waals surface area contributed by atoms with Gasteiger partial charge in [0.25, 0.3) is 0 Å². The van der Waals surface area contributed by atoms with Crippen LogP contribution in [-0.2, 0) is 4.79 Å². The second-order valence-corrected chi connectivity index (χ2v) is 3.09. The summed E-state index contributed by atoms with van der Waals surface area (Å²) in [5, 5.41) is 8.43. The van der Waals surface area contributed by atoms with Gasteiger partial charge >= 0.3 is 12.1 Å². The first kappa shape index (κ1) is 9.35.